The summed E-state index contributed by atoms with van der Waals surface area (Å²) in [5.41, 5.74) is 1.14. The Kier molecular flexibility index (Phi) is 7.12. The standard InChI is InChI=1S/C19H22Cl2N2O2/c1-13(25-17-11-7-10-15(20)18(17)21)19(24)22-12-16(23(2)3)14-8-5-4-6-9-14/h4-11,13,16H,12H2,1-3H3,(H,22,24). The number of hydrogen-bond donors (Lipinski definition) is 1. The van der Waals surface area contributed by atoms with Crippen LogP contribution in [0.3, 0.4) is 0 Å². The quantitative estimate of drug-likeness (QED) is 0.783. The Hall–Kier alpha value is -1.75. The molecule has 4 nitrogen and oxygen atoms in total. The molecular formula is C19H22Cl2N2O2. The number of rotatable bonds is 7. The first-order valence-corrected chi connectivity index (χ1v) is 8.75. The van der Waals surface area contributed by atoms with Crippen LogP contribution < -0.4 is 10.1 Å². The van der Waals surface area contributed by atoms with Crippen molar-refractivity contribution >= 4 is 29.1 Å². The summed E-state index contributed by atoms with van der Waals surface area (Å²) in [4.78, 5) is 14.4. The van der Waals surface area contributed by atoms with Crippen LogP contribution in [0, 0.1) is 0 Å². The number of carbonyl (C=O) groups excluding carboxylic acids is 1. The van der Waals surface area contributed by atoms with Gasteiger partial charge in [0.05, 0.1) is 11.1 Å². The molecule has 0 radical (unpaired) electrons. The van der Waals surface area contributed by atoms with Crippen LogP contribution in [-0.2, 0) is 4.79 Å². The predicted molar refractivity (Wildman–Crippen MR) is 102 cm³/mol. The van der Waals surface area contributed by atoms with Gasteiger partial charge >= 0.3 is 0 Å². The Labute approximate surface area is 158 Å². The largest absolute Gasteiger partial charge is 0.479 e. The molecule has 1 amide bonds. The number of likely N-dealkylation sites (N-methyl/N-ethyl adjacent to an activating group) is 1. The lowest BCUT2D eigenvalue weighted by molar-refractivity contribution is -0.127. The van der Waals surface area contributed by atoms with Crippen LogP contribution in [0.1, 0.15) is 18.5 Å². The van der Waals surface area contributed by atoms with E-state index in [4.69, 9.17) is 27.9 Å². The summed E-state index contributed by atoms with van der Waals surface area (Å²) in [6.45, 7) is 2.16. The molecule has 2 aromatic rings. The summed E-state index contributed by atoms with van der Waals surface area (Å²) in [7, 11) is 3.96. The molecule has 0 aliphatic heterocycles. The third kappa shape index (κ3) is 5.36. The maximum atomic E-state index is 12.4. The van der Waals surface area contributed by atoms with Crippen LogP contribution in [0.25, 0.3) is 0 Å². The summed E-state index contributed by atoms with van der Waals surface area (Å²) in [6, 6.07) is 15.2. The fraction of sp³-hybridized carbons (Fsp3) is 0.316. The number of ether oxygens (including phenoxy) is 1. The number of halogens is 2. The summed E-state index contributed by atoms with van der Waals surface area (Å²) >= 11 is 12.1. The molecule has 2 unspecified atom stereocenters. The van der Waals surface area contributed by atoms with Crippen molar-refractivity contribution in [2.24, 2.45) is 0 Å². The third-order valence-electron chi connectivity index (χ3n) is 3.87. The van der Waals surface area contributed by atoms with Gasteiger partial charge in [0.25, 0.3) is 5.91 Å². The number of hydrogen-bond acceptors (Lipinski definition) is 3. The van der Waals surface area contributed by atoms with Gasteiger partial charge in [-0.25, -0.2) is 0 Å². The Morgan fingerprint density at radius 2 is 1.80 bits per heavy atom. The van der Waals surface area contributed by atoms with Crippen molar-refractivity contribution in [1.82, 2.24) is 10.2 Å². The third-order valence-corrected chi connectivity index (χ3v) is 4.67. The van der Waals surface area contributed by atoms with E-state index in [1.807, 2.05) is 44.4 Å². The van der Waals surface area contributed by atoms with Crippen LogP contribution in [0.2, 0.25) is 10.0 Å². The first-order chi connectivity index (χ1) is 11.9. The van der Waals surface area contributed by atoms with E-state index in [1.165, 1.54) is 0 Å². The summed E-state index contributed by atoms with van der Waals surface area (Å²) < 4.78 is 5.64. The van der Waals surface area contributed by atoms with Gasteiger partial charge in [0.15, 0.2) is 6.10 Å². The van der Waals surface area contributed by atoms with E-state index < -0.39 is 6.10 Å². The monoisotopic (exact) mass is 380 g/mol. The van der Waals surface area contributed by atoms with Gasteiger partial charge in [-0.05, 0) is 38.7 Å². The Balaban J connectivity index is 1.97. The van der Waals surface area contributed by atoms with Crippen LogP contribution >= 0.6 is 23.2 Å². The molecule has 0 saturated heterocycles. The van der Waals surface area contributed by atoms with Gasteiger partial charge < -0.3 is 15.0 Å². The van der Waals surface area contributed by atoms with Crippen molar-refractivity contribution in [2.75, 3.05) is 20.6 Å². The molecule has 25 heavy (non-hydrogen) atoms. The number of benzene rings is 2. The fourth-order valence-corrected chi connectivity index (χ4v) is 2.77. The zero-order chi connectivity index (χ0) is 18.4. The fourth-order valence-electron chi connectivity index (χ4n) is 2.43. The maximum Gasteiger partial charge on any atom is 0.260 e. The summed E-state index contributed by atoms with van der Waals surface area (Å²) in [5.74, 6) is 0.183. The van der Waals surface area contributed by atoms with Crippen LogP contribution in [0.5, 0.6) is 5.75 Å². The second-order valence-corrected chi connectivity index (χ2v) is 6.73. The molecule has 0 saturated carbocycles. The average molecular weight is 381 g/mol. The topological polar surface area (TPSA) is 41.6 Å². The number of nitrogens with zero attached hydrogens (tertiary/aromatic N) is 1. The van der Waals surface area contributed by atoms with Crippen LogP contribution in [0.4, 0.5) is 0 Å². The lowest BCUT2D eigenvalue weighted by Gasteiger charge is -2.26. The normalized spacial score (nSPS) is 13.4. The van der Waals surface area contributed by atoms with Gasteiger partial charge in [-0.2, -0.15) is 0 Å². The highest BCUT2D eigenvalue weighted by Gasteiger charge is 2.20. The lowest BCUT2D eigenvalue weighted by Crippen LogP contribution is -2.41. The molecule has 2 aromatic carbocycles. The summed E-state index contributed by atoms with van der Waals surface area (Å²) in [6.07, 6.45) is -0.686. The molecule has 6 heteroatoms. The van der Waals surface area contributed by atoms with E-state index in [-0.39, 0.29) is 11.9 Å². The predicted octanol–water partition coefficient (Wildman–Crippen LogP) is 4.18. The molecule has 0 aromatic heterocycles. The molecule has 0 spiro atoms. The molecule has 1 N–H and O–H groups in total. The molecule has 2 atom stereocenters. The number of carbonyl (C=O) groups is 1. The highest BCUT2D eigenvalue weighted by molar-refractivity contribution is 6.42. The second-order valence-electron chi connectivity index (χ2n) is 5.95. The second kappa shape index (κ2) is 9.09. The molecular weight excluding hydrogens is 359 g/mol. The molecule has 0 aliphatic carbocycles. The van der Waals surface area contributed by atoms with Crippen molar-refractivity contribution < 1.29 is 9.53 Å². The maximum absolute atomic E-state index is 12.4. The zero-order valence-corrected chi connectivity index (χ0v) is 16.0. The van der Waals surface area contributed by atoms with E-state index in [0.29, 0.717) is 22.3 Å². The minimum atomic E-state index is -0.686. The van der Waals surface area contributed by atoms with E-state index >= 15 is 0 Å². The number of amides is 1. The Morgan fingerprint density at radius 1 is 1.12 bits per heavy atom. The first kappa shape index (κ1) is 19.6. The van der Waals surface area contributed by atoms with Crippen molar-refractivity contribution in [2.45, 2.75) is 19.1 Å². The van der Waals surface area contributed by atoms with E-state index in [9.17, 15) is 4.79 Å². The molecule has 134 valence electrons. The minimum Gasteiger partial charge on any atom is -0.479 e. The van der Waals surface area contributed by atoms with Gasteiger partial charge in [0, 0.05) is 6.54 Å². The lowest BCUT2D eigenvalue weighted by atomic mass is 10.1. The van der Waals surface area contributed by atoms with Crippen molar-refractivity contribution in [3.63, 3.8) is 0 Å². The molecule has 2 rings (SSSR count). The molecule has 0 bridgehead atoms. The van der Waals surface area contributed by atoms with Gasteiger partial charge in [0.1, 0.15) is 10.8 Å². The average Bonchev–Trinajstić information content (AvgIpc) is 2.59. The zero-order valence-electron chi connectivity index (χ0n) is 14.5. The number of nitrogens with one attached hydrogen (secondary N) is 1. The highest BCUT2D eigenvalue weighted by atomic mass is 35.5. The van der Waals surface area contributed by atoms with Crippen molar-refractivity contribution in [1.29, 1.82) is 0 Å². The van der Waals surface area contributed by atoms with E-state index in [0.717, 1.165) is 5.56 Å². The van der Waals surface area contributed by atoms with Gasteiger partial charge in [-0.15, -0.1) is 0 Å². The van der Waals surface area contributed by atoms with Crippen molar-refractivity contribution in [3.8, 4) is 5.75 Å². The van der Waals surface area contributed by atoms with E-state index in [1.54, 1.807) is 25.1 Å². The van der Waals surface area contributed by atoms with Gasteiger partial charge in [0.2, 0.25) is 0 Å². The Bertz CT molecular complexity index is 708. The SMILES string of the molecule is CC(Oc1cccc(Cl)c1Cl)C(=O)NCC(c1ccccc1)N(C)C. The van der Waals surface area contributed by atoms with Crippen LogP contribution in [-0.4, -0.2) is 37.6 Å². The van der Waals surface area contributed by atoms with Gasteiger partial charge in [-0.3, -0.25) is 4.79 Å². The first-order valence-electron chi connectivity index (χ1n) is 8.00. The van der Waals surface area contributed by atoms with Crippen LogP contribution in [0.15, 0.2) is 48.5 Å². The van der Waals surface area contributed by atoms with Crippen molar-refractivity contribution in [3.05, 3.63) is 64.1 Å². The molecule has 0 aliphatic rings. The summed E-state index contributed by atoms with van der Waals surface area (Å²) in [5, 5.41) is 3.63. The minimum absolute atomic E-state index is 0.0760. The van der Waals surface area contributed by atoms with E-state index in [2.05, 4.69) is 10.2 Å². The highest BCUT2D eigenvalue weighted by Crippen LogP contribution is 2.32. The molecule has 0 fully saturated rings. The molecule has 0 heterocycles. The van der Waals surface area contributed by atoms with Gasteiger partial charge in [-0.1, -0.05) is 59.6 Å². The smallest absolute Gasteiger partial charge is 0.260 e. The Morgan fingerprint density at radius 3 is 2.44 bits per heavy atom.